The summed E-state index contributed by atoms with van der Waals surface area (Å²) in [5, 5.41) is 2.20. The van der Waals surface area contributed by atoms with E-state index in [0.29, 0.717) is 34.9 Å². The van der Waals surface area contributed by atoms with Gasteiger partial charge in [-0.05, 0) is 42.2 Å². The molecule has 0 saturated heterocycles. The predicted molar refractivity (Wildman–Crippen MR) is 225 cm³/mol. The second kappa shape index (κ2) is 14.1. The van der Waals surface area contributed by atoms with Crippen LogP contribution >= 0.6 is 11.3 Å². The fraction of sp³-hybridized carbons (Fsp3) is 0.0417. The van der Waals surface area contributed by atoms with E-state index in [-0.39, 0.29) is 0 Å². The van der Waals surface area contributed by atoms with E-state index in [1.807, 2.05) is 66.7 Å². The smallest absolute Gasteiger partial charge is 0.165 e. The van der Waals surface area contributed by atoms with Crippen LogP contribution in [-0.2, 0) is 0 Å². The number of fused-ring (bicyclic) bond motifs is 3. The van der Waals surface area contributed by atoms with Gasteiger partial charge in [0.25, 0.3) is 0 Å². The molecule has 3 heterocycles. The minimum absolute atomic E-state index is 0.630. The van der Waals surface area contributed by atoms with Crippen molar-refractivity contribution < 1.29 is 0 Å². The first kappa shape index (κ1) is 32.7. The molecule has 0 amide bonds. The van der Waals surface area contributed by atoms with Gasteiger partial charge in [-0.3, -0.25) is 0 Å². The fourth-order valence-electron chi connectivity index (χ4n) is 7.14. The van der Waals surface area contributed by atoms with Crippen LogP contribution in [0.3, 0.4) is 0 Å². The van der Waals surface area contributed by atoms with Crippen molar-refractivity contribution in [3.8, 4) is 68.1 Å². The monoisotopic (exact) mass is 724 g/mol. The third-order valence-electron chi connectivity index (χ3n) is 9.82. The Hall–Kier alpha value is -6.96. The maximum absolute atomic E-state index is 5.21. The Morgan fingerprint density at radius 3 is 1.62 bits per heavy atom. The molecule has 0 radical (unpaired) electrons. The summed E-state index contributed by atoms with van der Waals surface area (Å²) in [6, 6.07) is 51.8. The number of aromatic nitrogens is 6. The number of allylic oxidation sites excluding steroid dienone is 4. The SMILES string of the molecule is C1=CC(c2nc(-c3cccc(-c4ccccc4)c3)nc(-c3cccc4sc5c(-c6nc(-c7ccccc7)nc(-c7ccccc7)n6)cccc5c34)n2)=CCC1. The van der Waals surface area contributed by atoms with Crippen LogP contribution in [0.5, 0.6) is 0 Å². The first-order valence-electron chi connectivity index (χ1n) is 18.4. The average Bonchev–Trinajstić information content (AvgIpc) is 3.67. The molecule has 6 nitrogen and oxygen atoms in total. The van der Waals surface area contributed by atoms with Crippen LogP contribution in [0.15, 0.2) is 170 Å². The van der Waals surface area contributed by atoms with E-state index in [0.717, 1.165) is 77.5 Å². The molecular formula is C48H32N6S. The Kier molecular flexibility index (Phi) is 8.39. The van der Waals surface area contributed by atoms with Crippen molar-refractivity contribution in [2.75, 3.05) is 0 Å². The molecule has 9 aromatic rings. The number of hydrogen-bond acceptors (Lipinski definition) is 7. The zero-order chi connectivity index (χ0) is 36.6. The molecule has 0 N–H and O–H groups in total. The maximum atomic E-state index is 5.21. The molecule has 0 aliphatic heterocycles. The predicted octanol–water partition coefficient (Wildman–Crippen LogP) is 12.2. The van der Waals surface area contributed by atoms with Gasteiger partial charge in [-0.2, -0.15) is 0 Å². The topological polar surface area (TPSA) is 77.3 Å². The summed E-state index contributed by atoms with van der Waals surface area (Å²) in [7, 11) is 0. The molecule has 0 spiro atoms. The quantitative estimate of drug-likeness (QED) is 0.163. The molecule has 10 rings (SSSR count). The summed E-state index contributed by atoms with van der Waals surface area (Å²) in [4.78, 5) is 30.5. The highest BCUT2D eigenvalue weighted by Gasteiger charge is 2.21. The number of hydrogen-bond donors (Lipinski definition) is 0. The molecule has 3 aromatic heterocycles. The lowest BCUT2D eigenvalue weighted by Crippen LogP contribution is -2.03. The van der Waals surface area contributed by atoms with Gasteiger partial charge >= 0.3 is 0 Å². The normalized spacial score (nSPS) is 12.6. The Morgan fingerprint density at radius 2 is 0.927 bits per heavy atom. The maximum Gasteiger partial charge on any atom is 0.165 e. The van der Waals surface area contributed by atoms with Crippen molar-refractivity contribution in [2.45, 2.75) is 12.8 Å². The van der Waals surface area contributed by atoms with Crippen LogP contribution in [0.4, 0.5) is 0 Å². The van der Waals surface area contributed by atoms with Gasteiger partial charge < -0.3 is 0 Å². The molecule has 0 fully saturated rings. The van der Waals surface area contributed by atoms with Crippen molar-refractivity contribution in [1.29, 1.82) is 0 Å². The van der Waals surface area contributed by atoms with Crippen LogP contribution in [-0.4, -0.2) is 29.9 Å². The molecule has 260 valence electrons. The fourth-order valence-corrected chi connectivity index (χ4v) is 8.38. The summed E-state index contributed by atoms with van der Waals surface area (Å²) in [6.07, 6.45) is 8.50. The lowest BCUT2D eigenvalue weighted by Gasteiger charge is -2.12. The van der Waals surface area contributed by atoms with Gasteiger partial charge in [0, 0.05) is 53.6 Å². The molecule has 0 atom stereocenters. The molecule has 0 unspecified atom stereocenters. The summed E-state index contributed by atoms with van der Waals surface area (Å²) in [5.74, 6) is 3.85. The average molecular weight is 725 g/mol. The lowest BCUT2D eigenvalue weighted by atomic mass is 10.0. The van der Waals surface area contributed by atoms with Gasteiger partial charge in [-0.15, -0.1) is 11.3 Å². The third-order valence-corrected chi connectivity index (χ3v) is 11.0. The van der Waals surface area contributed by atoms with E-state index in [4.69, 9.17) is 29.9 Å². The van der Waals surface area contributed by atoms with Gasteiger partial charge in [0.05, 0.1) is 0 Å². The third kappa shape index (κ3) is 6.30. The molecule has 55 heavy (non-hydrogen) atoms. The van der Waals surface area contributed by atoms with Crippen LogP contribution < -0.4 is 0 Å². The molecule has 1 aliphatic rings. The van der Waals surface area contributed by atoms with E-state index in [1.54, 1.807) is 11.3 Å². The van der Waals surface area contributed by atoms with Crippen molar-refractivity contribution in [1.82, 2.24) is 29.9 Å². The van der Waals surface area contributed by atoms with Crippen molar-refractivity contribution >= 4 is 37.1 Å². The second-order valence-corrected chi connectivity index (χ2v) is 14.4. The summed E-state index contributed by atoms with van der Waals surface area (Å²) < 4.78 is 2.23. The number of rotatable bonds is 7. The first-order chi connectivity index (χ1) is 27.2. The molecule has 0 saturated carbocycles. The largest absolute Gasteiger partial charge is 0.208 e. The number of nitrogens with zero attached hydrogens (tertiary/aromatic N) is 6. The summed E-state index contributed by atoms with van der Waals surface area (Å²) in [6.45, 7) is 0. The van der Waals surface area contributed by atoms with Crippen LogP contribution in [0.2, 0.25) is 0 Å². The highest BCUT2D eigenvalue weighted by molar-refractivity contribution is 7.26. The second-order valence-electron chi connectivity index (χ2n) is 13.4. The Bertz CT molecular complexity index is 2860. The molecule has 7 heteroatoms. The zero-order valence-electron chi connectivity index (χ0n) is 29.7. The van der Waals surface area contributed by atoms with Crippen LogP contribution in [0.1, 0.15) is 18.7 Å². The molecule has 6 aromatic carbocycles. The minimum atomic E-state index is 0.630. The molecular weight excluding hydrogens is 693 g/mol. The highest BCUT2D eigenvalue weighted by Crippen LogP contribution is 2.43. The number of benzene rings is 6. The minimum Gasteiger partial charge on any atom is -0.208 e. The van der Waals surface area contributed by atoms with Gasteiger partial charge in [-0.1, -0.05) is 152 Å². The zero-order valence-corrected chi connectivity index (χ0v) is 30.5. The van der Waals surface area contributed by atoms with Gasteiger partial charge in [0.15, 0.2) is 34.9 Å². The standard InChI is InChI=1S/C48H32N6S/c1-5-16-31(17-6-1)35-24-13-25-36(30-35)46-50-45(34-22-11-4-12-23-34)51-47(54-46)38-27-15-29-40-41(38)37-26-14-28-39(42(37)55-40)48-52-43(32-18-7-2-8-19-32)49-44(53-48)33-20-9-3-10-21-33/h1-3,5-11,13-30H,4,12H2. The lowest BCUT2D eigenvalue weighted by molar-refractivity contribution is 1.01. The molecule has 1 aliphatic carbocycles. The van der Waals surface area contributed by atoms with Crippen LogP contribution in [0.25, 0.3) is 93.8 Å². The Morgan fingerprint density at radius 1 is 0.400 bits per heavy atom. The number of thiophene rings is 1. The van der Waals surface area contributed by atoms with E-state index < -0.39 is 0 Å². The van der Waals surface area contributed by atoms with Gasteiger partial charge in [0.2, 0.25) is 0 Å². The van der Waals surface area contributed by atoms with Crippen molar-refractivity contribution in [3.63, 3.8) is 0 Å². The van der Waals surface area contributed by atoms with E-state index >= 15 is 0 Å². The van der Waals surface area contributed by atoms with E-state index in [9.17, 15) is 0 Å². The van der Waals surface area contributed by atoms with Crippen molar-refractivity contribution in [2.24, 2.45) is 0 Å². The summed E-state index contributed by atoms with van der Waals surface area (Å²) >= 11 is 1.73. The first-order valence-corrected chi connectivity index (χ1v) is 19.2. The van der Waals surface area contributed by atoms with E-state index in [2.05, 4.69) is 103 Å². The Labute approximate surface area is 322 Å². The molecule has 0 bridgehead atoms. The van der Waals surface area contributed by atoms with E-state index in [1.165, 1.54) is 0 Å². The highest BCUT2D eigenvalue weighted by atomic mass is 32.1. The summed E-state index contributed by atoms with van der Waals surface area (Å²) in [5.41, 5.74) is 7.99. The van der Waals surface area contributed by atoms with Gasteiger partial charge in [0.1, 0.15) is 0 Å². The Balaban J connectivity index is 1.16. The van der Waals surface area contributed by atoms with Gasteiger partial charge in [-0.25, -0.2) is 29.9 Å². The van der Waals surface area contributed by atoms with Crippen LogP contribution in [0, 0.1) is 0 Å². The van der Waals surface area contributed by atoms with Crippen molar-refractivity contribution in [3.05, 3.63) is 176 Å².